The maximum atomic E-state index is 12.1. The van der Waals surface area contributed by atoms with Crippen LogP contribution in [0.4, 0.5) is 4.79 Å². The fraction of sp³-hybridized carbons (Fsp3) is 0.929. The van der Waals surface area contributed by atoms with Gasteiger partial charge < -0.3 is 14.4 Å². The Balaban J connectivity index is 1.91. The molecule has 2 saturated heterocycles. The minimum atomic E-state index is -0.429. The van der Waals surface area contributed by atoms with Crippen LogP contribution in [0.3, 0.4) is 0 Å². The largest absolute Gasteiger partial charge is 0.444 e. The number of hydrogen-bond donors (Lipinski definition) is 0. The third-order valence-corrected chi connectivity index (χ3v) is 3.84. The summed E-state index contributed by atoms with van der Waals surface area (Å²) in [6.07, 6.45) is -0.199. The van der Waals surface area contributed by atoms with Gasteiger partial charge in [0.05, 0.1) is 18.8 Å². The van der Waals surface area contributed by atoms with Gasteiger partial charge in [-0.05, 0) is 34.6 Å². The number of rotatable bonds is 1. The summed E-state index contributed by atoms with van der Waals surface area (Å²) >= 11 is 0. The topological polar surface area (TPSA) is 42.0 Å². The zero-order valence-electron chi connectivity index (χ0n) is 12.7. The molecule has 0 aliphatic carbocycles. The number of nitrogens with zero attached hydrogens (tertiary/aromatic N) is 2. The van der Waals surface area contributed by atoms with E-state index in [-0.39, 0.29) is 17.7 Å². The molecular weight excluding hydrogens is 244 g/mol. The predicted molar refractivity (Wildman–Crippen MR) is 73.2 cm³/mol. The molecule has 0 radical (unpaired) electrons. The highest BCUT2D eigenvalue weighted by molar-refractivity contribution is 5.68. The van der Waals surface area contributed by atoms with Gasteiger partial charge in [-0.3, -0.25) is 4.90 Å². The standard InChI is InChI=1S/C14H26N2O3/c1-11-8-15(14(5)9-18-10-14)6-7-16(11)12(17)19-13(2,3)4/h11H,6-10H2,1-5H3/t11-/m0/s1. The average Bonchev–Trinajstić information content (AvgIpc) is 2.23. The van der Waals surface area contributed by atoms with Crippen LogP contribution in [0.15, 0.2) is 0 Å². The molecule has 5 nitrogen and oxygen atoms in total. The molecule has 2 aliphatic heterocycles. The number of ether oxygens (including phenoxy) is 2. The van der Waals surface area contributed by atoms with E-state index in [1.54, 1.807) is 0 Å². The third kappa shape index (κ3) is 3.20. The Morgan fingerprint density at radius 2 is 1.95 bits per heavy atom. The van der Waals surface area contributed by atoms with Gasteiger partial charge >= 0.3 is 6.09 Å². The summed E-state index contributed by atoms with van der Waals surface area (Å²) in [5, 5.41) is 0. The summed E-state index contributed by atoms with van der Waals surface area (Å²) in [5.74, 6) is 0. The van der Waals surface area contributed by atoms with Crippen molar-refractivity contribution < 1.29 is 14.3 Å². The van der Waals surface area contributed by atoms with Crippen molar-refractivity contribution in [3.8, 4) is 0 Å². The van der Waals surface area contributed by atoms with Crippen molar-refractivity contribution in [3.63, 3.8) is 0 Å². The molecule has 0 saturated carbocycles. The van der Waals surface area contributed by atoms with Crippen molar-refractivity contribution in [3.05, 3.63) is 0 Å². The lowest BCUT2D eigenvalue weighted by molar-refractivity contribution is -0.144. The second kappa shape index (κ2) is 4.94. The van der Waals surface area contributed by atoms with E-state index >= 15 is 0 Å². The first-order valence-electron chi connectivity index (χ1n) is 7.04. The Morgan fingerprint density at radius 1 is 1.32 bits per heavy atom. The molecule has 0 aromatic heterocycles. The van der Waals surface area contributed by atoms with Gasteiger partial charge in [-0.25, -0.2) is 4.79 Å². The quantitative estimate of drug-likeness (QED) is 0.727. The smallest absolute Gasteiger partial charge is 0.410 e. The highest BCUT2D eigenvalue weighted by Gasteiger charge is 2.43. The van der Waals surface area contributed by atoms with E-state index in [4.69, 9.17) is 9.47 Å². The van der Waals surface area contributed by atoms with Crippen LogP contribution in [-0.2, 0) is 9.47 Å². The maximum absolute atomic E-state index is 12.1. The summed E-state index contributed by atoms with van der Waals surface area (Å²) in [7, 11) is 0. The highest BCUT2D eigenvalue weighted by atomic mass is 16.6. The van der Waals surface area contributed by atoms with Gasteiger partial charge in [0, 0.05) is 25.7 Å². The van der Waals surface area contributed by atoms with Crippen LogP contribution in [-0.4, -0.2) is 65.9 Å². The molecule has 19 heavy (non-hydrogen) atoms. The zero-order chi connectivity index (χ0) is 14.3. The molecule has 0 unspecified atom stereocenters. The van der Waals surface area contributed by atoms with E-state index in [1.807, 2.05) is 25.7 Å². The molecule has 2 aliphatic rings. The van der Waals surface area contributed by atoms with Crippen LogP contribution in [0.1, 0.15) is 34.6 Å². The first-order valence-corrected chi connectivity index (χ1v) is 7.04. The second-order valence-corrected chi connectivity index (χ2v) is 6.96. The van der Waals surface area contributed by atoms with Crippen molar-refractivity contribution in [1.82, 2.24) is 9.80 Å². The minimum absolute atomic E-state index is 0.161. The van der Waals surface area contributed by atoms with E-state index in [1.165, 1.54) is 0 Å². The zero-order valence-corrected chi connectivity index (χ0v) is 12.7. The van der Waals surface area contributed by atoms with Crippen LogP contribution < -0.4 is 0 Å². The molecule has 5 heteroatoms. The first kappa shape index (κ1) is 14.6. The third-order valence-electron chi connectivity index (χ3n) is 3.84. The number of amides is 1. The first-order chi connectivity index (χ1) is 8.71. The van der Waals surface area contributed by atoms with Crippen LogP contribution in [0.2, 0.25) is 0 Å². The van der Waals surface area contributed by atoms with Gasteiger partial charge in [0.15, 0.2) is 0 Å². The van der Waals surface area contributed by atoms with Gasteiger partial charge in [-0.15, -0.1) is 0 Å². The van der Waals surface area contributed by atoms with Gasteiger partial charge in [-0.2, -0.15) is 0 Å². The van der Waals surface area contributed by atoms with E-state index in [2.05, 4.69) is 18.7 Å². The van der Waals surface area contributed by atoms with Crippen LogP contribution in [0, 0.1) is 0 Å². The van der Waals surface area contributed by atoms with Crippen molar-refractivity contribution in [2.75, 3.05) is 32.8 Å². The summed E-state index contributed by atoms with van der Waals surface area (Å²) < 4.78 is 10.8. The van der Waals surface area contributed by atoms with Crippen LogP contribution >= 0.6 is 0 Å². The lowest BCUT2D eigenvalue weighted by Crippen LogP contribution is -2.67. The number of hydrogen-bond acceptors (Lipinski definition) is 4. The fourth-order valence-corrected chi connectivity index (χ4v) is 2.62. The average molecular weight is 270 g/mol. The Bertz CT molecular complexity index is 347. The van der Waals surface area contributed by atoms with E-state index in [0.717, 1.165) is 32.8 Å². The number of carbonyl (C=O) groups is 1. The molecular formula is C14H26N2O3. The molecule has 0 spiro atoms. The van der Waals surface area contributed by atoms with Gasteiger partial charge in [-0.1, -0.05) is 0 Å². The minimum Gasteiger partial charge on any atom is -0.444 e. The normalized spacial score (nSPS) is 27.8. The van der Waals surface area contributed by atoms with Gasteiger partial charge in [0.25, 0.3) is 0 Å². The lowest BCUT2D eigenvalue weighted by Gasteiger charge is -2.52. The molecule has 1 amide bonds. The lowest BCUT2D eigenvalue weighted by atomic mass is 9.95. The highest BCUT2D eigenvalue weighted by Crippen LogP contribution is 2.27. The Morgan fingerprint density at radius 3 is 2.37 bits per heavy atom. The molecule has 0 bridgehead atoms. The molecule has 0 aromatic rings. The fourth-order valence-electron chi connectivity index (χ4n) is 2.62. The van der Waals surface area contributed by atoms with Crippen molar-refractivity contribution in [1.29, 1.82) is 0 Å². The SMILES string of the molecule is C[C@H]1CN(C2(C)COC2)CCN1C(=O)OC(C)(C)C. The maximum Gasteiger partial charge on any atom is 0.410 e. The van der Waals surface area contributed by atoms with Gasteiger partial charge in [0.1, 0.15) is 5.60 Å². The summed E-state index contributed by atoms with van der Waals surface area (Å²) in [6.45, 7) is 14.1. The molecule has 110 valence electrons. The van der Waals surface area contributed by atoms with Crippen LogP contribution in [0.5, 0.6) is 0 Å². The Hall–Kier alpha value is -0.810. The molecule has 2 heterocycles. The van der Waals surface area contributed by atoms with Crippen LogP contribution in [0.25, 0.3) is 0 Å². The number of carbonyl (C=O) groups excluding carboxylic acids is 1. The predicted octanol–water partition coefficient (Wildman–Crippen LogP) is 1.72. The molecule has 0 aromatic carbocycles. The van der Waals surface area contributed by atoms with Crippen molar-refractivity contribution in [2.24, 2.45) is 0 Å². The Kier molecular flexibility index (Phi) is 3.80. The second-order valence-electron chi connectivity index (χ2n) is 6.96. The molecule has 2 rings (SSSR count). The van der Waals surface area contributed by atoms with E-state index in [9.17, 15) is 4.79 Å². The summed E-state index contributed by atoms with van der Waals surface area (Å²) in [4.78, 5) is 16.4. The van der Waals surface area contributed by atoms with Crippen molar-refractivity contribution >= 4 is 6.09 Å². The molecule has 0 N–H and O–H groups in total. The summed E-state index contributed by atoms with van der Waals surface area (Å²) in [5.41, 5.74) is -0.268. The number of piperazine rings is 1. The van der Waals surface area contributed by atoms with E-state index < -0.39 is 5.60 Å². The Labute approximate surface area is 115 Å². The van der Waals surface area contributed by atoms with Crippen molar-refractivity contribution in [2.45, 2.75) is 51.8 Å². The monoisotopic (exact) mass is 270 g/mol. The van der Waals surface area contributed by atoms with E-state index in [0.29, 0.717) is 0 Å². The van der Waals surface area contributed by atoms with Gasteiger partial charge in [0.2, 0.25) is 0 Å². The summed E-state index contributed by atoms with van der Waals surface area (Å²) in [6, 6.07) is 0.182. The molecule has 2 fully saturated rings. The molecule has 1 atom stereocenters.